The Kier molecular flexibility index (Phi) is 3.14. The number of phenolic OH excluding ortho intramolecular Hbond substituents is 2. The second kappa shape index (κ2) is 4.75. The maximum Gasteiger partial charge on any atom is 0.272 e. The van der Waals surface area contributed by atoms with Crippen molar-refractivity contribution in [1.82, 2.24) is 0 Å². The highest BCUT2D eigenvalue weighted by atomic mass is 16.6. The predicted molar refractivity (Wildman–Crippen MR) is 65.7 cm³/mol. The van der Waals surface area contributed by atoms with Gasteiger partial charge in [0.05, 0.1) is 4.92 Å². The number of hydrogen-bond donors (Lipinski definition) is 2. The highest BCUT2D eigenvalue weighted by Gasteiger charge is 2.15. The molecular formula is C13H11NO4. The predicted octanol–water partition coefficient (Wildman–Crippen LogP) is 2.60. The zero-order valence-corrected chi connectivity index (χ0v) is 9.41. The van der Waals surface area contributed by atoms with Crippen molar-refractivity contribution >= 4 is 5.69 Å². The Bertz CT molecular complexity index is 595. The lowest BCUT2D eigenvalue weighted by molar-refractivity contribution is -0.385. The average Bonchev–Trinajstić information content (AvgIpc) is 2.35. The van der Waals surface area contributed by atoms with Gasteiger partial charge in [-0.2, -0.15) is 0 Å². The Hall–Kier alpha value is -2.56. The van der Waals surface area contributed by atoms with Gasteiger partial charge in [0.1, 0.15) is 0 Å². The standard InChI is InChI=1S/C13H11NO4/c15-12-7-3-5-10(13(12)16)8-9-4-1-2-6-11(9)14(17)18/h1-7,15-16H,8H2. The summed E-state index contributed by atoms with van der Waals surface area (Å²) in [6.45, 7) is 0. The molecule has 0 aromatic heterocycles. The number of nitro groups is 1. The van der Waals surface area contributed by atoms with Gasteiger partial charge < -0.3 is 10.2 Å². The fourth-order valence-corrected chi connectivity index (χ4v) is 1.76. The summed E-state index contributed by atoms with van der Waals surface area (Å²) in [7, 11) is 0. The molecular weight excluding hydrogens is 234 g/mol. The van der Waals surface area contributed by atoms with Crippen molar-refractivity contribution in [2.75, 3.05) is 0 Å². The van der Waals surface area contributed by atoms with Crippen LogP contribution in [0.25, 0.3) is 0 Å². The summed E-state index contributed by atoms with van der Waals surface area (Å²) in [4.78, 5) is 10.4. The third-order valence-electron chi connectivity index (χ3n) is 2.67. The van der Waals surface area contributed by atoms with E-state index in [1.54, 1.807) is 30.3 Å². The van der Waals surface area contributed by atoms with Gasteiger partial charge in [-0.1, -0.05) is 30.3 Å². The van der Waals surface area contributed by atoms with E-state index < -0.39 is 4.92 Å². The van der Waals surface area contributed by atoms with E-state index in [0.29, 0.717) is 11.1 Å². The summed E-state index contributed by atoms with van der Waals surface area (Å²) in [5.41, 5.74) is 0.938. The van der Waals surface area contributed by atoms with E-state index in [0.717, 1.165) is 0 Å². The van der Waals surface area contributed by atoms with Gasteiger partial charge >= 0.3 is 0 Å². The molecule has 0 bridgehead atoms. The quantitative estimate of drug-likeness (QED) is 0.494. The van der Waals surface area contributed by atoms with Gasteiger partial charge in [-0.15, -0.1) is 0 Å². The van der Waals surface area contributed by atoms with Crippen molar-refractivity contribution in [2.24, 2.45) is 0 Å². The molecule has 92 valence electrons. The molecule has 2 aromatic rings. The summed E-state index contributed by atoms with van der Waals surface area (Å²) >= 11 is 0. The van der Waals surface area contributed by atoms with Crippen LogP contribution in [0.1, 0.15) is 11.1 Å². The fourth-order valence-electron chi connectivity index (χ4n) is 1.76. The molecule has 0 heterocycles. The molecule has 0 aliphatic rings. The first-order chi connectivity index (χ1) is 8.59. The molecule has 0 unspecified atom stereocenters. The van der Waals surface area contributed by atoms with E-state index in [-0.39, 0.29) is 23.6 Å². The molecule has 2 N–H and O–H groups in total. The average molecular weight is 245 g/mol. The topological polar surface area (TPSA) is 83.6 Å². The molecule has 0 atom stereocenters. The zero-order valence-electron chi connectivity index (χ0n) is 9.41. The second-order valence-corrected chi connectivity index (χ2v) is 3.85. The van der Waals surface area contributed by atoms with Crippen molar-refractivity contribution in [3.8, 4) is 11.5 Å². The number of benzene rings is 2. The normalized spacial score (nSPS) is 10.2. The number of para-hydroxylation sites is 2. The van der Waals surface area contributed by atoms with Gasteiger partial charge in [0.25, 0.3) is 5.69 Å². The van der Waals surface area contributed by atoms with Gasteiger partial charge in [-0.25, -0.2) is 0 Å². The van der Waals surface area contributed by atoms with E-state index in [2.05, 4.69) is 0 Å². The van der Waals surface area contributed by atoms with Gasteiger partial charge in [-0.3, -0.25) is 10.1 Å². The molecule has 2 aromatic carbocycles. The molecule has 2 rings (SSSR count). The summed E-state index contributed by atoms with van der Waals surface area (Å²) in [5, 5.41) is 29.9. The highest BCUT2D eigenvalue weighted by molar-refractivity contribution is 5.49. The molecule has 0 saturated carbocycles. The minimum absolute atomic E-state index is 0.000225. The largest absolute Gasteiger partial charge is 0.504 e. The van der Waals surface area contributed by atoms with Gasteiger partial charge in [-0.05, 0) is 6.07 Å². The SMILES string of the molecule is O=[N+]([O-])c1ccccc1Cc1cccc(O)c1O. The molecule has 0 fully saturated rings. The van der Waals surface area contributed by atoms with Gasteiger partial charge in [0, 0.05) is 23.6 Å². The number of aromatic hydroxyl groups is 2. The summed E-state index contributed by atoms with van der Waals surface area (Å²) in [6.07, 6.45) is 0.192. The Morgan fingerprint density at radius 1 is 1.00 bits per heavy atom. The molecule has 5 heteroatoms. The van der Waals surface area contributed by atoms with Crippen LogP contribution in [0, 0.1) is 10.1 Å². The number of hydrogen-bond acceptors (Lipinski definition) is 4. The third kappa shape index (κ3) is 2.24. The molecule has 0 aliphatic heterocycles. The molecule has 5 nitrogen and oxygen atoms in total. The lowest BCUT2D eigenvalue weighted by Crippen LogP contribution is -1.96. The van der Waals surface area contributed by atoms with Crippen LogP contribution in [0.2, 0.25) is 0 Å². The van der Waals surface area contributed by atoms with Crippen molar-refractivity contribution in [3.63, 3.8) is 0 Å². The molecule has 0 radical (unpaired) electrons. The molecule has 0 spiro atoms. The molecule has 18 heavy (non-hydrogen) atoms. The molecule has 0 amide bonds. The van der Waals surface area contributed by atoms with Crippen LogP contribution in [0.15, 0.2) is 42.5 Å². The first kappa shape index (κ1) is 11.9. The maximum atomic E-state index is 10.9. The van der Waals surface area contributed by atoms with Crippen LogP contribution in [0.4, 0.5) is 5.69 Å². The van der Waals surface area contributed by atoms with Gasteiger partial charge in [0.15, 0.2) is 11.5 Å². The van der Waals surface area contributed by atoms with Crippen LogP contribution in [0.3, 0.4) is 0 Å². The van der Waals surface area contributed by atoms with E-state index >= 15 is 0 Å². The van der Waals surface area contributed by atoms with Crippen molar-refractivity contribution < 1.29 is 15.1 Å². The number of nitro benzene ring substituents is 1. The number of phenols is 2. The number of nitrogens with zero attached hydrogens (tertiary/aromatic N) is 1. The zero-order chi connectivity index (χ0) is 13.1. The summed E-state index contributed by atoms with van der Waals surface area (Å²) in [6, 6.07) is 10.9. The van der Waals surface area contributed by atoms with Crippen molar-refractivity contribution in [3.05, 3.63) is 63.7 Å². The van der Waals surface area contributed by atoms with Crippen molar-refractivity contribution in [1.29, 1.82) is 0 Å². The molecule has 0 aliphatic carbocycles. The first-order valence-electron chi connectivity index (χ1n) is 5.31. The molecule has 0 saturated heterocycles. The van der Waals surface area contributed by atoms with Crippen LogP contribution < -0.4 is 0 Å². The Labute approximate surface area is 103 Å². The van der Waals surface area contributed by atoms with E-state index in [9.17, 15) is 20.3 Å². The lowest BCUT2D eigenvalue weighted by atomic mass is 10.0. The summed E-state index contributed by atoms with van der Waals surface area (Å²) < 4.78 is 0. The summed E-state index contributed by atoms with van der Waals surface area (Å²) in [5.74, 6) is -0.471. The highest BCUT2D eigenvalue weighted by Crippen LogP contribution is 2.31. The van der Waals surface area contributed by atoms with E-state index in [4.69, 9.17) is 0 Å². The monoisotopic (exact) mass is 245 g/mol. The van der Waals surface area contributed by atoms with E-state index in [1.165, 1.54) is 12.1 Å². The Balaban J connectivity index is 2.40. The third-order valence-corrected chi connectivity index (χ3v) is 2.67. The van der Waals surface area contributed by atoms with E-state index in [1.807, 2.05) is 0 Å². The maximum absolute atomic E-state index is 10.9. The second-order valence-electron chi connectivity index (χ2n) is 3.85. The van der Waals surface area contributed by atoms with Crippen LogP contribution in [-0.2, 0) is 6.42 Å². The number of rotatable bonds is 3. The fraction of sp³-hybridized carbons (Fsp3) is 0.0769. The minimum atomic E-state index is -0.463. The first-order valence-corrected chi connectivity index (χ1v) is 5.31. The Morgan fingerprint density at radius 2 is 1.67 bits per heavy atom. The lowest BCUT2D eigenvalue weighted by Gasteiger charge is -2.06. The van der Waals surface area contributed by atoms with Crippen LogP contribution in [0.5, 0.6) is 11.5 Å². The van der Waals surface area contributed by atoms with Crippen molar-refractivity contribution in [2.45, 2.75) is 6.42 Å². The smallest absolute Gasteiger partial charge is 0.272 e. The van der Waals surface area contributed by atoms with Gasteiger partial charge in [0.2, 0.25) is 0 Å². The van der Waals surface area contributed by atoms with Crippen LogP contribution >= 0.6 is 0 Å². The minimum Gasteiger partial charge on any atom is -0.504 e. The Morgan fingerprint density at radius 3 is 2.39 bits per heavy atom. The van der Waals surface area contributed by atoms with Crippen LogP contribution in [-0.4, -0.2) is 15.1 Å².